The summed E-state index contributed by atoms with van der Waals surface area (Å²) in [7, 11) is 0. The molecule has 32 heavy (non-hydrogen) atoms. The van der Waals surface area contributed by atoms with Crippen molar-refractivity contribution in [1.82, 2.24) is 0 Å². The van der Waals surface area contributed by atoms with Crippen LogP contribution in [0.2, 0.25) is 0 Å². The summed E-state index contributed by atoms with van der Waals surface area (Å²) < 4.78 is 0. The molecule has 0 fully saturated rings. The third-order valence-corrected chi connectivity index (χ3v) is 5.94. The van der Waals surface area contributed by atoms with Gasteiger partial charge in [-0.15, -0.1) is 0 Å². The predicted molar refractivity (Wildman–Crippen MR) is 143 cm³/mol. The van der Waals surface area contributed by atoms with Gasteiger partial charge < -0.3 is 0 Å². The molecule has 0 amide bonds. The molecular weight excluding hydrogens is 384 g/mol. The Hall–Kier alpha value is -3.38. The second-order valence-electron chi connectivity index (χ2n) is 8.64. The lowest BCUT2D eigenvalue weighted by atomic mass is 10.0. The number of aryl methyl sites for hydroxylation is 6. The van der Waals surface area contributed by atoms with E-state index in [1.807, 2.05) is 0 Å². The molecule has 0 nitrogen and oxygen atoms in total. The molecule has 0 atom stereocenters. The van der Waals surface area contributed by atoms with Gasteiger partial charge in [-0.05, 0) is 85.3 Å². The van der Waals surface area contributed by atoms with Gasteiger partial charge in [0.1, 0.15) is 0 Å². The first-order valence-corrected chi connectivity index (χ1v) is 11.3. The van der Waals surface area contributed by atoms with Crippen LogP contribution in [0, 0.1) is 41.5 Å². The van der Waals surface area contributed by atoms with Crippen LogP contribution in [-0.2, 0) is 0 Å². The lowest BCUT2D eigenvalue weighted by Gasteiger charge is -2.03. The molecule has 0 aliphatic heterocycles. The third kappa shape index (κ3) is 5.86. The molecule has 0 aromatic heterocycles. The molecule has 5 aromatic rings. The van der Waals surface area contributed by atoms with Crippen LogP contribution >= 0.6 is 0 Å². The van der Waals surface area contributed by atoms with E-state index in [1.54, 1.807) is 0 Å². The van der Waals surface area contributed by atoms with E-state index in [-0.39, 0.29) is 0 Å². The van der Waals surface area contributed by atoms with Crippen molar-refractivity contribution in [3.8, 4) is 0 Å². The Balaban J connectivity index is 0.000000139. The maximum absolute atomic E-state index is 2.18. The van der Waals surface area contributed by atoms with E-state index in [4.69, 9.17) is 0 Å². The molecule has 0 spiro atoms. The van der Waals surface area contributed by atoms with Crippen LogP contribution in [-0.4, -0.2) is 0 Å². The van der Waals surface area contributed by atoms with Gasteiger partial charge in [0, 0.05) is 0 Å². The highest BCUT2D eigenvalue weighted by atomic mass is 14.0. The van der Waals surface area contributed by atoms with Gasteiger partial charge in [0.25, 0.3) is 0 Å². The van der Waals surface area contributed by atoms with Gasteiger partial charge in [-0.1, -0.05) is 108 Å². The minimum atomic E-state index is 1.33. The van der Waals surface area contributed by atoms with Crippen LogP contribution < -0.4 is 0 Å². The molecule has 0 saturated carbocycles. The largest absolute Gasteiger partial charge is 0.0616 e. The van der Waals surface area contributed by atoms with Crippen LogP contribution in [0.25, 0.3) is 21.5 Å². The smallest absolute Gasteiger partial charge is 0.0152 e. The number of benzene rings is 5. The highest BCUT2D eigenvalue weighted by Gasteiger charge is 1.98. The molecular formula is C32H34. The highest BCUT2D eigenvalue weighted by molar-refractivity contribution is 5.88. The lowest BCUT2D eigenvalue weighted by molar-refractivity contribution is 1.40. The second kappa shape index (κ2) is 10.8. The van der Waals surface area contributed by atoms with Crippen molar-refractivity contribution in [2.45, 2.75) is 41.5 Å². The zero-order chi connectivity index (χ0) is 23.1. The molecule has 0 unspecified atom stereocenters. The van der Waals surface area contributed by atoms with Gasteiger partial charge in [0.05, 0.1) is 0 Å². The van der Waals surface area contributed by atoms with E-state index in [2.05, 4.69) is 139 Å². The summed E-state index contributed by atoms with van der Waals surface area (Å²) in [5, 5.41) is 5.49. The molecule has 0 radical (unpaired) electrons. The molecule has 5 aromatic carbocycles. The third-order valence-electron chi connectivity index (χ3n) is 5.94. The van der Waals surface area contributed by atoms with Crippen LogP contribution in [0.3, 0.4) is 0 Å². The Morgan fingerprint density at radius 1 is 0.281 bits per heavy atom. The van der Waals surface area contributed by atoms with Crippen molar-refractivity contribution >= 4 is 21.5 Å². The molecule has 0 heterocycles. The minimum Gasteiger partial charge on any atom is -0.0616 e. The zero-order valence-corrected chi connectivity index (χ0v) is 20.2. The highest BCUT2D eigenvalue weighted by Crippen LogP contribution is 2.21. The number of rotatable bonds is 0. The van der Waals surface area contributed by atoms with Crippen molar-refractivity contribution in [3.05, 3.63) is 130 Å². The molecule has 0 bridgehead atoms. The van der Waals surface area contributed by atoms with Crippen LogP contribution in [0.4, 0.5) is 0 Å². The summed E-state index contributed by atoms with van der Waals surface area (Å²) in [6.07, 6.45) is 0. The Morgan fingerprint density at radius 2 is 0.562 bits per heavy atom. The first-order chi connectivity index (χ1) is 15.4. The first kappa shape index (κ1) is 23.3. The Labute approximate surface area is 193 Å². The van der Waals surface area contributed by atoms with Gasteiger partial charge in [-0.2, -0.15) is 0 Å². The maximum atomic E-state index is 2.18. The Morgan fingerprint density at radius 3 is 0.906 bits per heavy atom. The molecule has 0 heteroatoms. The van der Waals surface area contributed by atoms with Crippen molar-refractivity contribution in [2.75, 3.05) is 0 Å². The van der Waals surface area contributed by atoms with Crippen molar-refractivity contribution < 1.29 is 0 Å². The monoisotopic (exact) mass is 418 g/mol. The van der Waals surface area contributed by atoms with Crippen molar-refractivity contribution in [3.63, 3.8) is 0 Å². The van der Waals surface area contributed by atoms with Crippen LogP contribution in [0.15, 0.2) is 97.1 Å². The summed E-state index contributed by atoms with van der Waals surface area (Å²) in [5.41, 5.74) is 8.09. The Bertz CT molecular complexity index is 1170. The Kier molecular flexibility index (Phi) is 7.84. The standard InChI is InChI=1S/2C12H12.C8H10/c1-9-5-3-8-12-10(2)6-4-7-11(9)12;1-9-7-8-10(2)12-6-4-3-5-11(9)12;1-7-3-5-8(2)6-4-7/h2*3-8H,1-2H3;3-6H,1-2H3. The fraction of sp³-hybridized carbons (Fsp3) is 0.188. The average Bonchev–Trinajstić information content (AvgIpc) is 2.80. The summed E-state index contributed by atoms with van der Waals surface area (Å²) >= 11 is 0. The molecule has 0 aliphatic rings. The van der Waals surface area contributed by atoms with E-state index >= 15 is 0 Å². The summed E-state index contributed by atoms with van der Waals surface area (Å²) in [6.45, 7) is 12.8. The second-order valence-corrected chi connectivity index (χ2v) is 8.64. The van der Waals surface area contributed by atoms with Gasteiger partial charge in [0.15, 0.2) is 0 Å². The summed E-state index contributed by atoms with van der Waals surface area (Å²) in [5.74, 6) is 0. The quantitative estimate of drug-likeness (QED) is 0.235. The normalized spacial score (nSPS) is 10.2. The maximum Gasteiger partial charge on any atom is -0.0152 e. The van der Waals surface area contributed by atoms with Gasteiger partial charge >= 0.3 is 0 Å². The van der Waals surface area contributed by atoms with Crippen LogP contribution in [0.5, 0.6) is 0 Å². The predicted octanol–water partition coefficient (Wildman–Crippen LogP) is 9.22. The molecule has 5 rings (SSSR count). The number of hydrogen-bond acceptors (Lipinski definition) is 0. The minimum absolute atomic E-state index is 1.33. The van der Waals surface area contributed by atoms with Crippen molar-refractivity contribution in [1.29, 1.82) is 0 Å². The molecule has 162 valence electrons. The van der Waals surface area contributed by atoms with Gasteiger partial charge in [-0.3, -0.25) is 0 Å². The number of fused-ring (bicyclic) bond motifs is 2. The fourth-order valence-corrected chi connectivity index (χ4v) is 3.86. The van der Waals surface area contributed by atoms with Crippen LogP contribution in [0.1, 0.15) is 33.4 Å². The van der Waals surface area contributed by atoms with E-state index < -0.39 is 0 Å². The van der Waals surface area contributed by atoms with E-state index in [1.165, 1.54) is 54.9 Å². The van der Waals surface area contributed by atoms with E-state index in [0.29, 0.717) is 0 Å². The molecule has 0 N–H and O–H groups in total. The summed E-state index contributed by atoms with van der Waals surface area (Å²) in [4.78, 5) is 0. The number of hydrogen-bond donors (Lipinski definition) is 0. The SMILES string of the molecule is Cc1ccc(C)c2ccccc12.Cc1ccc(C)cc1.Cc1cccc2c(C)cccc12. The topological polar surface area (TPSA) is 0 Å². The van der Waals surface area contributed by atoms with E-state index in [0.717, 1.165) is 0 Å². The zero-order valence-electron chi connectivity index (χ0n) is 20.2. The summed E-state index contributed by atoms with van der Waals surface area (Å²) in [6, 6.07) is 34.3. The van der Waals surface area contributed by atoms with Gasteiger partial charge in [0.2, 0.25) is 0 Å². The average molecular weight is 419 g/mol. The first-order valence-electron chi connectivity index (χ1n) is 11.3. The molecule has 0 saturated heterocycles. The van der Waals surface area contributed by atoms with E-state index in [9.17, 15) is 0 Å². The lowest BCUT2D eigenvalue weighted by Crippen LogP contribution is -1.80. The molecule has 0 aliphatic carbocycles. The van der Waals surface area contributed by atoms with Gasteiger partial charge in [-0.25, -0.2) is 0 Å². The fourth-order valence-electron chi connectivity index (χ4n) is 3.86. The van der Waals surface area contributed by atoms with Crippen molar-refractivity contribution in [2.24, 2.45) is 0 Å².